The molecule has 0 atom stereocenters. The summed E-state index contributed by atoms with van der Waals surface area (Å²) in [7, 11) is 1.65. The molecule has 7 heteroatoms. The Balaban J connectivity index is 1.76. The Hall–Kier alpha value is -1.40. The van der Waals surface area contributed by atoms with Gasteiger partial charge in [0.25, 0.3) is 0 Å². The van der Waals surface area contributed by atoms with Crippen molar-refractivity contribution >= 4 is 60.7 Å². The molecular weight excluding hydrogens is 529 g/mol. The lowest BCUT2D eigenvalue weighted by atomic mass is 10.2. The lowest BCUT2D eigenvalue weighted by Gasteiger charge is -2.16. The van der Waals surface area contributed by atoms with Crippen LogP contribution in [0.5, 0.6) is 11.5 Å². The Morgan fingerprint density at radius 1 is 0.929 bits per heavy atom. The van der Waals surface area contributed by atoms with E-state index in [4.69, 9.17) is 32.7 Å². The van der Waals surface area contributed by atoms with Gasteiger partial charge in [-0.2, -0.15) is 0 Å². The summed E-state index contributed by atoms with van der Waals surface area (Å²) >= 11 is 19.4. The van der Waals surface area contributed by atoms with E-state index in [1.807, 2.05) is 42.5 Å². The van der Waals surface area contributed by atoms with Crippen molar-refractivity contribution < 1.29 is 9.47 Å². The quantitative estimate of drug-likeness (QED) is 0.330. The molecule has 28 heavy (non-hydrogen) atoms. The van der Waals surface area contributed by atoms with Gasteiger partial charge in [0.05, 0.1) is 11.6 Å². The molecular formula is C21H17Br2Cl2NO2. The number of halogens is 4. The van der Waals surface area contributed by atoms with Crippen LogP contribution in [0, 0.1) is 0 Å². The maximum Gasteiger partial charge on any atom is 0.139 e. The molecule has 0 heterocycles. The monoisotopic (exact) mass is 543 g/mol. The minimum Gasteiger partial charge on any atom is -0.497 e. The molecule has 0 bridgehead atoms. The van der Waals surface area contributed by atoms with E-state index in [-0.39, 0.29) is 0 Å². The second-order valence-electron chi connectivity index (χ2n) is 5.98. The molecule has 0 aliphatic carbocycles. The van der Waals surface area contributed by atoms with Crippen molar-refractivity contribution in [3.8, 4) is 11.5 Å². The van der Waals surface area contributed by atoms with Crippen LogP contribution >= 0.6 is 55.1 Å². The van der Waals surface area contributed by atoms with Gasteiger partial charge in [0.2, 0.25) is 0 Å². The SMILES string of the molecule is COc1ccc(NCc2cc(Br)cc(Br)c2OCc2ccc(Cl)cc2Cl)cc1. The van der Waals surface area contributed by atoms with Gasteiger partial charge in [-0.3, -0.25) is 0 Å². The van der Waals surface area contributed by atoms with Crippen molar-refractivity contribution in [3.05, 3.63) is 84.7 Å². The van der Waals surface area contributed by atoms with Gasteiger partial charge in [0, 0.05) is 37.9 Å². The standard InChI is InChI=1S/C21H17Br2Cl2NO2/c1-27-18-6-4-17(5-7-18)26-11-14-8-15(22)9-19(23)21(14)28-12-13-2-3-16(24)10-20(13)25/h2-10,26H,11-12H2,1H3. The van der Waals surface area contributed by atoms with E-state index >= 15 is 0 Å². The van der Waals surface area contributed by atoms with Crippen LogP contribution < -0.4 is 14.8 Å². The number of rotatable bonds is 7. The molecule has 146 valence electrons. The first kappa shape index (κ1) is 21.3. The molecule has 0 saturated carbocycles. The largest absolute Gasteiger partial charge is 0.497 e. The number of methoxy groups -OCH3 is 1. The number of benzene rings is 3. The van der Waals surface area contributed by atoms with Crippen LogP contribution in [0.4, 0.5) is 5.69 Å². The van der Waals surface area contributed by atoms with Crippen molar-refractivity contribution in [2.24, 2.45) is 0 Å². The van der Waals surface area contributed by atoms with Crippen LogP contribution in [0.2, 0.25) is 10.0 Å². The first-order valence-corrected chi connectivity index (χ1v) is 10.7. The third-order valence-corrected chi connectivity index (χ3v) is 5.68. The Morgan fingerprint density at radius 2 is 1.68 bits per heavy atom. The van der Waals surface area contributed by atoms with Crippen LogP contribution in [0.3, 0.4) is 0 Å². The van der Waals surface area contributed by atoms with E-state index in [9.17, 15) is 0 Å². The molecule has 0 amide bonds. The van der Waals surface area contributed by atoms with Gasteiger partial charge >= 0.3 is 0 Å². The Morgan fingerprint density at radius 3 is 2.36 bits per heavy atom. The molecule has 0 aromatic heterocycles. The molecule has 1 N–H and O–H groups in total. The Kier molecular flexibility index (Phi) is 7.52. The van der Waals surface area contributed by atoms with Crippen LogP contribution in [0.25, 0.3) is 0 Å². The summed E-state index contributed by atoms with van der Waals surface area (Å²) in [6.45, 7) is 0.930. The second kappa shape index (κ2) is 9.88. The van der Waals surface area contributed by atoms with Crippen LogP contribution in [-0.2, 0) is 13.2 Å². The number of ether oxygens (including phenoxy) is 2. The zero-order valence-electron chi connectivity index (χ0n) is 14.9. The number of nitrogens with one attached hydrogen (secondary N) is 1. The molecule has 3 aromatic carbocycles. The minimum atomic E-state index is 0.339. The molecule has 3 nitrogen and oxygen atoms in total. The topological polar surface area (TPSA) is 30.5 Å². The molecule has 0 saturated heterocycles. The van der Waals surface area contributed by atoms with E-state index in [0.717, 1.165) is 37.3 Å². The van der Waals surface area contributed by atoms with Crippen molar-refractivity contribution in [1.29, 1.82) is 0 Å². The summed E-state index contributed by atoms with van der Waals surface area (Å²) in [5.74, 6) is 1.58. The molecule has 0 aliphatic heterocycles. The average molecular weight is 546 g/mol. The van der Waals surface area contributed by atoms with Gasteiger partial charge in [-0.1, -0.05) is 45.2 Å². The smallest absolute Gasteiger partial charge is 0.139 e. The summed E-state index contributed by atoms with van der Waals surface area (Å²) in [6, 6.07) is 17.1. The third-order valence-electron chi connectivity index (χ3n) is 4.05. The van der Waals surface area contributed by atoms with Crippen molar-refractivity contribution in [3.63, 3.8) is 0 Å². The highest BCUT2D eigenvalue weighted by Crippen LogP contribution is 2.35. The van der Waals surface area contributed by atoms with E-state index in [1.54, 1.807) is 19.2 Å². The summed E-state index contributed by atoms with van der Waals surface area (Å²) < 4.78 is 13.1. The molecule has 0 spiro atoms. The molecule has 0 aliphatic rings. The first-order chi connectivity index (χ1) is 13.5. The van der Waals surface area contributed by atoms with E-state index < -0.39 is 0 Å². The normalized spacial score (nSPS) is 10.6. The van der Waals surface area contributed by atoms with E-state index in [2.05, 4.69) is 37.2 Å². The summed E-state index contributed by atoms with van der Waals surface area (Å²) in [5.41, 5.74) is 2.86. The fourth-order valence-corrected chi connectivity index (χ4v) is 4.49. The highest BCUT2D eigenvalue weighted by atomic mass is 79.9. The zero-order chi connectivity index (χ0) is 20.1. The summed E-state index contributed by atoms with van der Waals surface area (Å²) in [4.78, 5) is 0. The van der Waals surface area contributed by atoms with Gasteiger partial charge in [0.1, 0.15) is 18.1 Å². The highest BCUT2D eigenvalue weighted by molar-refractivity contribution is 9.11. The molecule has 0 fully saturated rings. The van der Waals surface area contributed by atoms with Crippen molar-refractivity contribution in [2.75, 3.05) is 12.4 Å². The minimum absolute atomic E-state index is 0.339. The number of hydrogen-bond acceptors (Lipinski definition) is 3. The molecule has 3 aromatic rings. The zero-order valence-corrected chi connectivity index (χ0v) is 19.6. The van der Waals surface area contributed by atoms with Crippen LogP contribution in [0.15, 0.2) is 63.5 Å². The fourth-order valence-electron chi connectivity index (χ4n) is 2.60. The predicted octanol–water partition coefficient (Wildman–Crippen LogP) is 7.72. The van der Waals surface area contributed by atoms with Crippen LogP contribution in [0.1, 0.15) is 11.1 Å². The van der Waals surface area contributed by atoms with E-state index in [0.29, 0.717) is 23.2 Å². The first-order valence-electron chi connectivity index (χ1n) is 8.39. The highest BCUT2D eigenvalue weighted by Gasteiger charge is 2.12. The van der Waals surface area contributed by atoms with Gasteiger partial charge in [-0.05, 0) is 64.5 Å². The Bertz CT molecular complexity index is 965. The Labute approximate surface area is 191 Å². The van der Waals surface area contributed by atoms with Crippen molar-refractivity contribution in [2.45, 2.75) is 13.2 Å². The van der Waals surface area contributed by atoms with Gasteiger partial charge in [-0.25, -0.2) is 0 Å². The average Bonchev–Trinajstić information content (AvgIpc) is 2.67. The van der Waals surface area contributed by atoms with Gasteiger partial charge in [-0.15, -0.1) is 0 Å². The maximum absolute atomic E-state index is 6.26. The lowest BCUT2D eigenvalue weighted by Crippen LogP contribution is -2.05. The summed E-state index contributed by atoms with van der Waals surface area (Å²) in [6.07, 6.45) is 0. The molecule has 0 radical (unpaired) electrons. The summed E-state index contributed by atoms with van der Waals surface area (Å²) in [5, 5.41) is 4.59. The maximum atomic E-state index is 6.26. The van der Waals surface area contributed by atoms with Crippen LogP contribution in [-0.4, -0.2) is 7.11 Å². The molecule has 3 rings (SSSR count). The van der Waals surface area contributed by atoms with E-state index in [1.165, 1.54) is 0 Å². The molecule has 0 unspecified atom stereocenters. The number of hydrogen-bond donors (Lipinski definition) is 1. The third kappa shape index (κ3) is 5.57. The van der Waals surface area contributed by atoms with Gasteiger partial charge < -0.3 is 14.8 Å². The fraction of sp³-hybridized carbons (Fsp3) is 0.143. The lowest BCUT2D eigenvalue weighted by molar-refractivity contribution is 0.301. The number of anilines is 1. The predicted molar refractivity (Wildman–Crippen MR) is 123 cm³/mol. The van der Waals surface area contributed by atoms with Crippen molar-refractivity contribution in [1.82, 2.24) is 0 Å². The van der Waals surface area contributed by atoms with Gasteiger partial charge in [0.15, 0.2) is 0 Å². The second-order valence-corrected chi connectivity index (χ2v) is 8.60.